The number of aliphatic hydroxyl groups excluding tert-OH is 1. The molecule has 2 aromatic rings. The minimum absolute atomic E-state index is 0.0291. The first-order valence-electron chi connectivity index (χ1n) is 11.2. The number of fused-ring (bicyclic) bond motifs is 3. The van der Waals surface area contributed by atoms with Crippen molar-refractivity contribution in [2.24, 2.45) is 0 Å². The zero-order chi connectivity index (χ0) is 23.4. The van der Waals surface area contributed by atoms with Gasteiger partial charge >= 0.3 is 0 Å². The van der Waals surface area contributed by atoms with Gasteiger partial charge in [-0.2, -0.15) is 0 Å². The van der Waals surface area contributed by atoms with Crippen LogP contribution in [0.2, 0.25) is 0 Å². The van der Waals surface area contributed by atoms with Gasteiger partial charge in [0.1, 0.15) is 24.6 Å². The summed E-state index contributed by atoms with van der Waals surface area (Å²) in [6.45, 7) is 1.71. The Morgan fingerprint density at radius 3 is 2.70 bits per heavy atom. The molecule has 2 aliphatic rings. The van der Waals surface area contributed by atoms with E-state index in [4.69, 9.17) is 14.2 Å². The van der Waals surface area contributed by atoms with Crippen LogP contribution in [0.1, 0.15) is 42.9 Å². The van der Waals surface area contributed by atoms with Crippen molar-refractivity contribution in [2.75, 3.05) is 25.6 Å². The Labute approximate surface area is 193 Å². The highest BCUT2D eigenvalue weighted by molar-refractivity contribution is 5.92. The Balaban J connectivity index is 1.44. The maximum Gasteiger partial charge on any atom is 0.250 e. The number of rotatable bonds is 8. The molecule has 33 heavy (non-hydrogen) atoms. The second kappa shape index (κ2) is 10.3. The molecule has 0 unspecified atom stereocenters. The Kier molecular flexibility index (Phi) is 7.27. The van der Waals surface area contributed by atoms with Crippen LogP contribution in [0.15, 0.2) is 48.5 Å². The van der Waals surface area contributed by atoms with Gasteiger partial charge in [0.05, 0.1) is 25.2 Å². The third kappa shape index (κ3) is 5.35. The summed E-state index contributed by atoms with van der Waals surface area (Å²) in [5.41, 5.74) is 2.63. The summed E-state index contributed by atoms with van der Waals surface area (Å²) in [7, 11) is 1.47. The van der Waals surface area contributed by atoms with E-state index in [2.05, 4.69) is 10.6 Å². The van der Waals surface area contributed by atoms with Crippen LogP contribution in [0.3, 0.4) is 0 Å². The Bertz CT molecular complexity index is 982. The van der Waals surface area contributed by atoms with Gasteiger partial charge in [-0.25, -0.2) is 0 Å². The summed E-state index contributed by atoms with van der Waals surface area (Å²) >= 11 is 0. The fourth-order valence-electron chi connectivity index (χ4n) is 4.63. The van der Waals surface area contributed by atoms with E-state index in [9.17, 15) is 14.7 Å². The highest BCUT2D eigenvalue weighted by Gasteiger charge is 2.46. The molecule has 0 spiro atoms. The first kappa shape index (κ1) is 23.2. The van der Waals surface area contributed by atoms with Gasteiger partial charge in [0.25, 0.3) is 0 Å². The second-order valence-corrected chi connectivity index (χ2v) is 8.54. The van der Waals surface area contributed by atoms with Gasteiger partial charge < -0.3 is 30.0 Å². The molecule has 4 rings (SSSR count). The molecule has 8 heteroatoms. The Hall–Kier alpha value is -2.94. The van der Waals surface area contributed by atoms with Crippen molar-refractivity contribution < 1.29 is 28.9 Å². The van der Waals surface area contributed by atoms with Crippen LogP contribution in [0, 0.1) is 0 Å². The fourth-order valence-corrected chi connectivity index (χ4v) is 4.63. The van der Waals surface area contributed by atoms with Gasteiger partial charge in [-0.3, -0.25) is 9.59 Å². The SMILES string of the molecule is COCC(=O)Nc1ccc2c(c1)[C@H]1C[C@@H](CC(=O)N[C@H](C)c3ccccc3)O[C@H](CO)[C@H]1O2. The van der Waals surface area contributed by atoms with Gasteiger partial charge in [-0.1, -0.05) is 30.3 Å². The van der Waals surface area contributed by atoms with Gasteiger partial charge in [0.2, 0.25) is 11.8 Å². The van der Waals surface area contributed by atoms with E-state index in [0.717, 1.165) is 11.1 Å². The molecule has 2 amide bonds. The molecule has 5 atom stereocenters. The van der Waals surface area contributed by atoms with Crippen molar-refractivity contribution in [1.82, 2.24) is 5.32 Å². The number of carbonyl (C=O) groups excluding carboxylic acids is 2. The normalized spacial score (nSPS) is 24.2. The van der Waals surface area contributed by atoms with Gasteiger partial charge in [-0.05, 0) is 37.1 Å². The molecule has 176 valence electrons. The molecule has 1 fully saturated rings. The minimum Gasteiger partial charge on any atom is -0.487 e. The van der Waals surface area contributed by atoms with Crippen LogP contribution in [0.25, 0.3) is 0 Å². The zero-order valence-corrected chi connectivity index (χ0v) is 18.8. The van der Waals surface area contributed by atoms with Crippen molar-refractivity contribution >= 4 is 17.5 Å². The number of anilines is 1. The first-order valence-corrected chi connectivity index (χ1v) is 11.2. The minimum atomic E-state index is -0.535. The zero-order valence-electron chi connectivity index (χ0n) is 18.8. The van der Waals surface area contributed by atoms with Crippen molar-refractivity contribution in [3.63, 3.8) is 0 Å². The predicted octanol–water partition coefficient (Wildman–Crippen LogP) is 2.53. The van der Waals surface area contributed by atoms with Crippen LogP contribution < -0.4 is 15.4 Å². The summed E-state index contributed by atoms with van der Waals surface area (Å²) < 4.78 is 17.0. The number of benzene rings is 2. The Morgan fingerprint density at radius 1 is 1.18 bits per heavy atom. The lowest BCUT2D eigenvalue weighted by molar-refractivity contribution is -0.142. The maximum absolute atomic E-state index is 12.7. The number of methoxy groups -OCH3 is 1. The topological polar surface area (TPSA) is 106 Å². The van der Waals surface area contributed by atoms with Crippen LogP contribution in [-0.4, -0.2) is 55.6 Å². The molecule has 1 saturated heterocycles. The molecule has 0 aromatic heterocycles. The van der Waals surface area contributed by atoms with E-state index in [1.54, 1.807) is 6.07 Å². The van der Waals surface area contributed by atoms with E-state index < -0.39 is 6.10 Å². The molecule has 2 aromatic carbocycles. The molecular weight excluding hydrogens is 424 g/mol. The molecule has 0 radical (unpaired) electrons. The van der Waals surface area contributed by atoms with Crippen LogP contribution in [0.4, 0.5) is 5.69 Å². The van der Waals surface area contributed by atoms with Crippen molar-refractivity contribution in [3.8, 4) is 5.75 Å². The summed E-state index contributed by atoms with van der Waals surface area (Å²) in [5.74, 6) is 0.315. The number of carbonyl (C=O) groups is 2. The molecule has 0 saturated carbocycles. The van der Waals surface area contributed by atoms with E-state index >= 15 is 0 Å². The second-order valence-electron chi connectivity index (χ2n) is 8.54. The van der Waals surface area contributed by atoms with E-state index in [0.29, 0.717) is 17.9 Å². The number of amides is 2. The smallest absolute Gasteiger partial charge is 0.250 e. The van der Waals surface area contributed by atoms with Gasteiger partial charge in [0, 0.05) is 24.3 Å². The molecule has 2 heterocycles. The third-order valence-corrected chi connectivity index (χ3v) is 6.15. The summed E-state index contributed by atoms with van der Waals surface area (Å²) in [6.07, 6.45) is -0.454. The van der Waals surface area contributed by atoms with Crippen molar-refractivity contribution in [3.05, 3.63) is 59.7 Å². The third-order valence-electron chi connectivity index (χ3n) is 6.15. The van der Waals surface area contributed by atoms with E-state index in [-0.39, 0.29) is 55.6 Å². The number of nitrogens with one attached hydrogen (secondary N) is 2. The van der Waals surface area contributed by atoms with Crippen LogP contribution in [0.5, 0.6) is 5.75 Å². The number of hydrogen-bond acceptors (Lipinski definition) is 6. The van der Waals surface area contributed by atoms with Crippen molar-refractivity contribution in [1.29, 1.82) is 0 Å². The number of hydrogen-bond donors (Lipinski definition) is 3. The van der Waals surface area contributed by atoms with E-state index in [1.807, 2.05) is 49.4 Å². The quantitative estimate of drug-likeness (QED) is 0.566. The standard InChI is InChI=1S/C25H30N2O6/c1-15(16-6-4-3-5-7-16)26-23(29)12-18-11-20-19-10-17(27-24(30)14-31-2)8-9-21(19)33-25(20)22(13-28)32-18/h3-10,15,18,20,22,25,28H,11-14H2,1-2H3,(H,26,29)(H,27,30)/t15-,18+,20-,22-,25+/m1/s1. The van der Waals surface area contributed by atoms with Gasteiger partial charge in [-0.15, -0.1) is 0 Å². The lowest BCUT2D eigenvalue weighted by atomic mass is 9.84. The molecule has 2 aliphatic heterocycles. The highest BCUT2D eigenvalue weighted by atomic mass is 16.6. The Morgan fingerprint density at radius 2 is 1.97 bits per heavy atom. The largest absolute Gasteiger partial charge is 0.487 e. The highest BCUT2D eigenvalue weighted by Crippen LogP contribution is 2.47. The summed E-state index contributed by atoms with van der Waals surface area (Å²) in [4.78, 5) is 24.6. The summed E-state index contributed by atoms with van der Waals surface area (Å²) in [6, 6.07) is 15.1. The molecular formula is C25H30N2O6. The lowest BCUT2D eigenvalue weighted by Gasteiger charge is -2.37. The van der Waals surface area contributed by atoms with Crippen LogP contribution in [-0.2, 0) is 19.1 Å². The van der Waals surface area contributed by atoms with Crippen LogP contribution >= 0.6 is 0 Å². The fraction of sp³-hybridized carbons (Fsp3) is 0.440. The predicted molar refractivity (Wildman–Crippen MR) is 122 cm³/mol. The van der Waals surface area contributed by atoms with Crippen molar-refractivity contribution in [2.45, 2.75) is 50.0 Å². The average Bonchev–Trinajstić information content (AvgIpc) is 3.17. The molecule has 0 aliphatic carbocycles. The molecule has 3 N–H and O–H groups in total. The summed E-state index contributed by atoms with van der Waals surface area (Å²) in [5, 5.41) is 15.8. The van der Waals surface area contributed by atoms with E-state index in [1.165, 1.54) is 7.11 Å². The number of aliphatic hydroxyl groups is 1. The monoisotopic (exact) mass is 454 g/mol. The van der Waals surface area contributed by atoms with Gasteiger partial charge in [0.15, 0.2) is 0 Å². The first-order chi connectivity index (χ1) is 16.0. The molecule has 8 nitrogen and oxygen atoms in total. The lowest BCUT2D eigenvalue weighted by Crippen LogP contribution is -2.47. The molecule has 0 bridgehead atoms. The average molecular weight is 455 g/mol. The maximum atomic E-state index is 12.7. The number of ether oxygens (including phenoxy) is 3.